The first-order chi connectivity index (χ1) is 11.1. The summed E-state index contributed by atoms with van der Waals surface area (Å²) in [7, 11) is 0. The molecule has 0 saturated carbocycles. The molecule has 23 heavy (non-hydrogen) atoms. The Kier molecular flexibility index (Phi) is 5.12. The summed E-state index contributed by atoms with van der Waals surface area (Å²) in [6.45, 7) is 4.13. The van der Waals surface area contributed by atoms with E-state index in [0.29, 0.717) is 12.3 Å². The minimum absolute atomic E-state index is 0.0836. The Hall–Kier alpha value is -1.67. The topological polar surface area (TPSA) is 75.3 Å². The van der Waals surface area contributed by atoms with Gasteiger partial charge in [-0.1, -0.05) is 18.2 Å². The van der Waals surface area contributed by atoms with Crippen LogP contribution in [-0.2, 0) is 23.7 Å². The van der Waals surface area contributed by atoms with E-state index in [9.17, 15) is 4.79 Å². The molecule has 1 N–H and O–H groups in total. The number of amides is 1. The van der Waals surface area contributed by atoms with E-state index in [0.717, 1.165) is 0 Å². The van der Waals surface area contributed by atoms with Crippen molar-refractivity contribution in [3.63, 3.8) is 0 Å². The van der Waals surface area contributed by atoms with E-state index in [-0.39, 0.29) is 25.1 Å². The van der Waals surface area contributed by atoms with E-state index in [1.54, 1.807) is 19.1 Å². The molecule has 2 aliphatic rings. The quantitative estimate of drug-likeness (QED) is 0.918. The number of benzene rings is 1. The van der Waals surface area contributed by atoms with Gasteiger partial charge in [-0.3, -0.25) is 5.32 Å². The lowest BCUT2D eigenvalue weighted by atomic mass is 10.1. The zero-order valence-corrected chi connectivity index (χ0v) is 13.1. The van der Waals surface area contributed by atoms with Crippen molar-refractivity contribution in [2.24, 2.45) is 0 Å². The Balaban J connectivity index is 1.54. The average Bonchev–Trinajstić information content (AvgIpc) is 2.54. The molecule has 7 nitrogen and oxygen atoms in total. The van der Waals surface area contributed by atoms with Crippen LogP contribution in [0.1, 0.15) is 13.8 Å². The molecule has 7 heteroatoms. The highest BCUT2D eigenvalue weighted by molar-refractivity contribution is 5.84. The Labute approximate surface area is 134 Å². The van der Waals surface area contributed by atoms with Crippen LogP contribution in [0.15, 0.2) is 30.3 Å². The zero-order chi connectivity index (χ0) is 16.2. The fourth-order valence-electron chi connectivity index (χ4n) is 2.69. The van der Waals surface area contributed by atoms with Gasteiger partial charge in [-0.05, 0) is 26.0 Å². The van der Waals surface area contributed by atoms with Gasteiger partial charge in [0.2, 0.25) is 0 Å². The molecule has 5 atom stereocenters. The first-order valence-corrected chi connectivity index (χ1v) is 7.68. The molecule has 0 aliphatic carbocycles. The van der Waals surface area contributed by atoms with E-state index >= 15 is 0 Å². The number of hydrogen-bond acceptors (Lipinski definition) is 6. The third kappa shape index (κ3) is 4.20. The van der Waals surface area contributed by atoms with Crippen LogP contribution < -0.4 is 5.32 Å². The first-order valence-electron chi connectivity index (χ1n) is 7.68. The number of carbonyl (C=O) groups is 1. The molecule has 0 bridgehead atoms. The van der Waals surface area contributed by atoms with E-state index in [2.05, 4.69) is 5.32 Å². The second-order valence-corrected chi connectivity index (χ2v) is 5.51. The number of anilines is 1. The lowest BCUT2D eigenvalue weighted by Crippen LogP contribution is -2.58. The van der Waals surface area contributed by atoms with Gasteiger partial charge in [0.25, 0.3) is 0 Å². The second-order valence-electron chi connectivity index (χ2n) is 5.51. The summed E-state index contributed by atoms with van der Waals surface area (Å²) in [6.07, 6.45) is -2.20. The van der Waals surface area contributed by atoms with Gasteiger partial charge in [0.1, 0.15) is 24.9 Å². The summed E-state index contributed by atoms with van der Waals surface area (Å²) >= 11 is 0. The van der Waals surface area contributed by atoms with Gasteiger partial charge in [0, 0.05) is 5.69 Å². The molecule has 0 aromatic heterocycles. The number of ether oxygens (including phenoxy) is 5. The Morgan fingerprint density at radius 1 is 1.17 bits per heavy atom. The second kappa shape index (κ2) is 7.27. The SMILES string of the molecule is CC1OC(COC(=O)Nc2ccccc2)C2OC(C)OCC2O1. The summed E-state index contributed by atoms with van der Waals surface area (Å²) in [4.78, 5) is 11.9. The lowest BCUT2D eigenvalue weighted by molar-refractivity contribution is -0.353. The van der Waals surface area contributed by atoms with Gasteiger partial charge in [0.15, 0.2) is 12.6 Å². The largest absolute Gasteiger partial charge is 0.446 e. The normalized spacial score (nSPS) is 33.6. The number of fused-ring (bicyclic) bond motifs is 1. The Bertz CT molecular complexity index is 525. The van der Waals surface area contributed by atoms with Gasteiger partial charge in [0.05, 0.1) is 6.61 Å². The van der Waals surface area contributed by atoms with Crippen LogP contribution in [0, 0.1) is 0 Å². The van der Waals surface area contributed by atoms with Crippen molar-refractivity contribution in [3.05, 3.63) is 30.3 Å². The summed E-state index contributed by atoms with van der Waals surface area (Å²) in [5.41, 5.74) is 0.674. The fourth-order valence-corrected chi connectivity index (χ4v) is 2.69. The predicted octanol–water partition coefficient (Wildman–Crippen LogP) is 2.13. The van der Waals surface area contributed by atoms with Crippen LogP contribution in [0.25, 0.3) is 0 Å². The number of rotatable bonds is 3. The smallest absolute Gasteiger partial charge is 0.411 e. The van der Waals surface area contributed by atoms with Crippen molar-refractivity contribution in [2.45, 2.75) is 44.7 Å². The fraction of sp³-hybridized carbons (Fsp3) is 0.562. The van der Waals surface area contributed by atoms with Crippen LogP contribution >= 0.6 is 0 Å². The molecule has 126 valence electrons. The molecule has 1 aromatic carbocycles. The van der Waals surface area contributed by atoms with E-state index in [1.165, 1.54) is 0 Å². The van der Waals surface area contributed by atoms with E-state index < -0.39 is 18.5 Å². The number of para-hydroxylation sites is 1. The number of nitrogens with one attached hydrogen (secondary N) is 1. The maximum atomic E-state index is 11.9. The summed E-state index contributed by atoms with van der Waals surface area (Å²) in [5, 5.41) is 2.66. The number of carbonyl (C=O) groups excluding carboxylic acids is 1. The molecular weight excluding hydrogens is 302 g/mol. The highest BCUT2D eigenvalue weighted by Gasteiger charge is 2.43. The average molecular weight is 323 g/mol. The molecule has 2 fully saturated rings. The van der Waals surface area contributed by atoms with Crippen molar-refractivity contribution in [1.82, 2.24) is 0 Å². The van der Waals surface area contributed by atoms with Crippen molar-refractivity contribution in [3.8, 4) is 0 Å². The molecule has 0 spiro atoms. The third-order valence-corrected chi connectivity index (χ3v) is 3.71. The molecule has 2 heterocycles. The van der Waals surface area contributed by atoms with Crippen LogP contribution in [0.4, 0.5) is 10.5 Å². The van der Waals surface area contributed by atoms with Gasteiger partial charge < -0.3 is 23.7 Å². The van der Waals surface area contributed by atoms with Gasteiger partial charge in [-0.25, -0.2) is 4.79 Å². The summed E-state index contributed by atoms with van der Waals surface area (Å²) in [5.74, 6) is 0. The molecular formula is C16H21NO6. The maximum absolute atomic E-state index is 11.9. The third-order valence-electron chi connectivity index (χ3n) is 3.71. The molecule has 2 saturated heterocycles. The lowest BCUT2D eigenvalue weighted by Gasteiger charge is -2.44. The predicted molar refractivity (Wildman–Crippen MR) is 80.9 cm³/mol. The molecule has 5 unspecified atom stereocenters. The Morgan fingerprint density at radius 3 is 2.74 bits per heavy atom. The Morgan fingerprint density at radius 2 is 1.96 bits per heavy atom. The number of hydrogen-bond donors (Lipinski definition) is 1. The highest BCUT2D eigenvalue weighted by Crippen LogP contribution is 2.27. The minimum Gasteiger partial charge on any atom is -0.446 e. The minimum atomic E-state index is -0.532. The molecule has 3 rings (SSSR count). The summed E-state index contributed by atoms with van der Waals surface area (Å²) in [6, 6.07) is 9.11. The molecule has 0 radical (unpaired) electrons. The monoisotopic (exact) mass is 323 g/mol. The zero-order valence-electron chi connectivity index (χ0n) is 13.1. The van der Waals surface area contributed by atoms with Crippen LogP contribution in [0.2, 0.25) is 0 Å². The van der Waals surface area contributed by atoms with Crippen LogP contribution in [0.3, 0.4) is 0 Å². The van der Waals surface area contributed by atoms with Crippen LogP contribution in [0.5, 0.6) is 0 Å². The standard InChI is InChI=1S/C16H21NO6/c1-10-19-8-13-15(23-10)14(22-11(2)21-13)9-20-16(18)17-12-6-4-3-5-7-12/h3-7,10-11,13-15H,8-9H2,1-2H3,(H,17,18). The van der Waals surface area contributed by atoms with Crippen molar-refractivity contribution in [2.75, 3.05) is 18.5 Å². The maximum Gasteiger partial charge on any atom is 0.411 e. The van der Waals surface area contributed by atoms with E-state index in [1.807, 2.05) is 25.1 Å². The molecule has 2 aliphatic heterocycles. The molecule has 1 amide bonds. The van der Waals surface area contributed by atoms with Gasteiger partial charge in [-0.2, -0.15) is 0 Å². The van der Waals surface area contributed by atoms with Crippen molar-refractivity contribution >= 4 is 11.8 Å². The van der Waals surface area contributed by atoms with Gasteiger partial charge >= 0.3 is 6.09 Å². The van der Waals surface area contributed by atoms with E-state index in [4.69, 9.17) is 23.7 Å². The first kappa shape index (κ1) is 16.2. The summed E-state index contributed by atoms with van der Waals surface area (Å²) < 4.78 is 27.7. The van der Waals surface area contributed by atoms with Crippen molar-refractivity contribution < 1.29 is 28.5 Å². The molecule has 1 aromatic rings. The van der Waals surface area contributed by atoms with Gasteiger partial charge in [-0.15, -0.1) is 0 Å². The van der Waals surface area contributed by atoms with Crippen LogP contribution in [-0.4, -0.2) is 50.2 Å². The highest BCUT2D eigenvalue weighted by atomic mass is 16.8. The van der Waals surface area contributed by atoms with Crippen molar-refractivity contribution in [1.29, 1.82) is 0 Å².